The Kier molecular flexibility index (Phi) is 4.98. The van der Waals surface area contributed by atoms with E-state index in [2.05, 4.69) is 31.4 Å². The standard InChI is InChI=1S/C15H18BrF2N5O/c1-2-22-13(10(16)6-20-22)7-19-14(24)8-23-12(15(17)18)5-11(21-23)9-3-4-9/h5-6,9,15H,2-4,7-8H2,1H3,(H,19,24). The van der Waals surface area contributed by atoms with Gasteiger partial charge in [-0.15, -0.1) is 0 Å². The molecule has 1 N–H and O–H groups in total. The van der Waals surface area contributed by atoms with Crippen LogP contribution in [0.15, 0.2) is 16.7 Å². The average Bonchev–Trinajstić information content (AvgIpc) is 3.21. The predicted octanol–water partition coefficient (Wildman–Crippen LogP) is 2.99. The summed E-state index contributed by atoms with van der Waals surface area (Å²) in [6.07, 6.45) is 0.963. The van der Waals surface area contributed by atoms with Crippen LogP contribution in [0.1, 0.15) is 49.2 Å². The maximum absolute atomic E-state index is 13.1. The van der Waals surface area contributed by atoms with Crippen molar-refractivity contribution in [1.82, 2.24) is 24.9 Å². The molecule has 0 aromatic carbocycles. The minimum absolute atomic E-state index is 0.202. The Morgan fingerprint density at radius 2 is 2.21 bits per heavy atom. The number of nitrogens with zero attached hydrogens (tertiary/aromatic N) is 4. The molecule has 0 bridgehead atoms. The lowest BCUT2D eigenvalue weighted by atomic mass is 10.3. The first-order valence-electron chi connectivity index (χ1n) is 7.82. The third-order valence-electron chi connectivity index (χ3n) is 3.99. The Morgan fingerprint density at radius 3 is 2.83 bits per heavy atom. The molecule has 2 aromatic heterocycles. The Balaban J connectivity index is 1.65. The molecule has 2 heterocycles. The fourth-order valence-corrected chi connectivity index (χ4v) is 2.98. The van der Waals surface area contributed by atoms with E-state index in [1.807, 2.05) is 6.92 Å². The molecule has 1 saturated carbocycles. The van der Waals surface area contributed by atoms with E-state index in [-0.39, 0.29) is 30.6 Å². The summed E-state index contributed by atoms with van der Waals surface area (Å²) in [4.78, 5) is 12.1. The van der Waals surface area contributed by atoms with Crippen molar-refractivity contribution >= 4 is 21.8 Å². The number of aromatic nitrogens is 4. The molecule has 1 fully saturated rings. The third kappa shape index (κ3) is 3.66. The maximum Gasteiger partial charge on any atom is 0.280 e. The number of alkyl halides is 2. The molecule has 2 aromatic rings. The van der Waals surface area contributed by atoms with Gasteiger partial charge in [-0.3, -0.25) is 14.2 Å². The van der Waals surface area contributed by atoms with Gasteiger partial charge < -0.3 is 5.32 Å². The minimum atomic E-state index is -2.64. The van der Waals surface area contributed by atoms with Gasteiger partial charge in [0.1, 0.15) is 12.2 Å². The molecule has 0 radical (unpaired) electrons. The molecule has 3 rings (SSSR count). The minimum Gasteiger partial charge on any atom is -0.349 e. The van der Waals surface area contributed by atoms with Crippen LogP contribution >= 0.6 is 15.9 Å². The largest absolute Gasteiger partial charge is 0.349 e. The van der Waals surface area contributed by atoms with Crippen LogP contribution in [0.5, 0.6) is 0 Å². The van der Waals surface area contributed by atoms with Crippen molar-refractivity contribution in [3.63, 3.8) is 0 Å². The lowest BCUT2D eigenvalue weighted by molar-refractivity contribution is -0.122. The zero-order chi connectivity index (χ0) is 17.3. The number of hydrogen-bond acceptors (Lipinski definition) is 3. The first kappa shape index (κ1) is 17.1. The highest BCUT2D eigenvalue weighted by Crippen LogP contribution is 2.40. The summed E-state index contributed by atoms with van der Waals surface area (Å²) < 4.78 is 29.9. The maximum atomic E-state index is 13.1. The zero-order valence-electron chi connectivity index (χ0n) is 13.2. The molecule has 0 saturated heterocycles. The Hall–Kier alpha value is -1.77. The molecule has 0 unspecified atom stereocenters. The summed E-state index contributed by atoms with van der Waals surface area (Å²) in [5.74, 6) is -0.0974. The molecule has 1 aliphatic carbocycles. The SMILES string of the molecule is CCn1ncc(Br)c1CNC(=O)Cn1nc(C2CC2)cc1C(F)F. The lowest BCUT2D eigenvalue weighted by Gasteiger charge is -2.09. The topological polar surface area (TPSA) is 64.7 Å². The number of carbonyl (C=O) groups excluding carboxylic acids is 1. The van der Waals surface area contributed by atoms with Gasteiger partial charge in [0.25, 0.3) is 6.43 Å². The van der Waals surface area contributed by atoms with Gasteiger partial charge in [0.2, 0.25) is 5.91 Å². The van der Waals surface area contributed by atoms with Gasteiger partial charge >= 0.3 is 0 Å². The number of nitrogens with one attached hydrogen (secondary N) is 1. The summed E-state index contributed by atoms with van der Waals surface area (Å²) >= 11 is 3.38. The number of halogens is 3. The summed E-state index contributed by atoms with van der Waals surface area (Å²) in [5.41, 5.74) is 1.29. The van der Waals surface area contributed by atoms with Gasteiger partial charge in [-0.2, -0.15) is 10.2 Å². The Bertz CT molecular complexity index is 738. The summed E-state index contributed by atoms with van der Waals surface area (Å²) in [5, 5.41) is 11.1. The lowest BCUT2D eigenvalue weighted by Crippen LogP contribution is -2.29. The van der Waals surface area contributed by atoms with Gasteiger partial charge in [-0.05, 0) is 41.8 Å². The number of amides is 1. The van der Waals surface area contributed by atoms with Crippen molar-refractivity contribution in [2.75, 3.05) is 0 Å². The Labute approximate surface area is 146 Å². The second kappa shape index (κ2) is 7.00. The molecular formula is C15H18BrF2N5O. The van der Waals surface area contributed by atoms with Crippen molar-refractivity contribution in [2.45, 2.75) is 51.7 Å². The van der Waals surface area contributed by atoms with Crippen LogP contribution in [-0.4, -0.2) is 25.5 Å². The van der Waals surface area contributed by atoms with Crippen LogP contribution in [0.2, 0.25) is 0 Å². The van der Waals surface area contributed by atoms with Crippen LogP contribution < -0.4 is 5.32 Å². The predicted molar refractivity (Wildman–Crippen MR) is 86.6 cm³/mol. The normalized spacial score (nSPS) is 14.4. The van der Waals surface area contributed by atoms with Crippen LogP contribution in [0.25, 0.3) is 0 Å². The summed E-state index contributed by atoms with van der Waals surface area (Å²) in [7, 11) is 0. The van der Waals surface area contributed by atoms with Gasteiger partial charge in [0, 0.05) is 12.5 Å². The highest BCUT2D eigenvalue weighted by atomic mass is 79.9. The van der Waals surface area contributed by atoms with Crippen LogP contribution in [0.3, 0.4) is 0 Å². The average molecular weight is 402 g/mol. The van der Waals surface area contributed by atoms with E-state index in [1.54, 1.807) is 10.9 Å². The van der Waals surface area contributed by atoms with E-state index in [9.17, 15) is 13.6 Å². The first-order chi connectivity index (χ1) is 11.5. The fraction of sp³-hybridized carbons (Fsp3) is 0.533. The highest BCUT2D eigenvalue weighted by molar-refractivity contribution is 9.10. The molecule has 1 aliphatic rings. The smallest absolute Gasteiger partial charge is 0.280 e. The molecule has 130 valence electrons. The Morgan fingerprint density at radius 1 is 1.46 bits per heavy atom. The van der Waals surface area contributed by atoms with Crippen molar-refractivity contribution in [2.24, 2.45) is 0 Å². The molecule has 6 nitrogen and oxygen atoms in total. The van der Waals surface area contributed by atoms with E-state index < -0.39 is 6.43 Å². The molecule has 0 atom stereocenters. The van der Waals surface area contributed by atoms with Crippen molar-refractivity contribution in [1.29, 1.82) is 0 Å². The quantitative estimate of drug-likeness (QED) is 0.775. The fourth-order valence-electron chi connectivity index (χ4n) is 2.54. The highest BCUT2D eigenvalue weighted by Gasteiger charge is 2.29. The van der Waals surface area contributed by atoms with Crippen molar-refractivity contribution < 1.29 is 13.6 Å². The number of rotatable bonds is 7. The van der Waals surface area contributed by atoms with Crippen LogP contribution in [-0.2, 0) is 24.4 Å². The van der Waals surface area contributed by atoms with E-state index in [4.69, 9.17) is 0 Å². The van der Waals surface area contributed by atoms with Gasteiger partial charge in [0.15, 0.2) is 0 Å². The molecule has 0 aliphatic heterocycles. The van der Waals surface area contributed by atoms with E-state index >= 15 is 0 Å². The van der Waals surface area contributed by atoms with E-state index in [0.717, 1.165) is 27.7 Å². The number of aryl methyl sites for hydroxylation is 1. The van der Waals surface area contributed by atoms with Gasteiger partial charge in [0.05, 0.1) is 28.6 Å². The van der Waals surface area contributed by atoms with Crippen LogP contribution in [0.4, 0.5) is 8.78 Å². The van der Waals surface area contributed by atoms with Crippen molar-refractivity contribution in [3.05, 3.63) is 33.8 Å². The molecule has 24 heavy (non-hydrogen) atoms. The molecular weight excluding hydrogens is 384 g/mol. The number of carbonyl (C=O) groups is 1. The second-order valence-corrected chi connectivity index (χ2v) is 6.61. The van der Waals surface area contributed by atoms with E-state index in [0.29, 0.717) is 12.2 Å². The third-order valence-corrected chi connectivity index (χ3v) is 4.66. The molecule has 1 amide bonds. The zero-order valence-corrected chi connectivity index (χ0v) is 14.8. The first-order valence-corrected chi connectivity index (χ1v) is 8.61. The van der Waals surface area contributed by atoms with Gasteiger partial charge in [-0.1, -0.05) is 0 Å². The van der Waals surface area contributed by atoms with Crippen molar-refractivity contribution in [3.8, 4) is 0 Å². The summed E-state index contributed by atoms with van der Waals surface area (Å²) in [6.45, 7) is 2.68. The van der Waals surface area contributed by atoms with Gasteiger partial charge in [-0.25, -0.2) is 8.78 Å². The van der Waals surface area contributed by atoms with E-state index in [1.165, 1.54) is 6.07 Å². The molecule has 0 spiro atoms. The molecule has 9 heteroatoms. The monoisotopic (exact) mass is 401 g/mol. The summed E-state index contributed by atoms with van der Waals surface area (Å²) in [6, 6.07) is 1.42. The van der Waals surface area contributed by atoms with Crippen LogP contribution in [0, 0.1) is 0 Å². The number of hydrogen-bond donors (Lipinski definition) is 1. The second-order valence-electron chi connectivity index (χ2n) is 5.76.